The van der Waals surface area contributed by atoms with Crippen molar-refractivity contribution in [1.82, 2.24) is 9.88 Å². The standard InChI is InChI=1S/C23H30N4O4/c1-3-26(14-5-4-12-25-13-6-11-24)19-10-9-17-20(22(19)31-2)27(16-7-8-16)15-18(21(17)28)23(29)30/h9-10,15-16,25H,3-8,12-14H2,1-2H3,(H,29,30). The Hall–Kier alpha value is -3.05. The van der Waals surface area contributed by atoms with Gasteiger partial charge in [-0.2, -0.15) is 5.26 Å². The van der Waals surface area contributed by atoms with Gasteiger partial charge in [-0.3, -0.25) is 4.79 Å². The van der Waals surface area contributed by atoms with E-state index < -0.39 is 11.4 Å². The summed E-state index contributed by atoms with van der Waals surface area (Å²) in [4.78, 5) is 26.6. The molecule has 1 heterocycles. The highest BCUT2D eigenvalue weighted by Gasteiger charge is 2.29. The number of hydrogen-bond acceptors (Lipinski definition) is 6. The Morgan fingerprint density at radius 3 is 2.74 bits per heavy atom. The van der Waals surface area contributed by atoms with Gasteiger partial charge < -0.3 is 24.6 Å². The van der Waals surface area contributed by atoms with Gasteiger partial charge in [-0.15, -0.1) is 0 Å². The molecule has 1 saturated carbocycles. The van der Waals surface area contributed by atoms with Gasteiger partial charge >= 0.3 is 5.97 Å². The van der Waals surface area contributed by atoms with Crippen LogP contribution >= 0.6 is 0 Å². The average Bonchev–Trinajstić information content (AvgIpc) is 3.60. The van der Waals surface area contributed by atoms with Gasteiger partial charge in [0, 0.05) is 38.3 Å². The first-order valence-corrected chi connectivity index (χ1v) is 10.8. The third-order valence-corrected chi connectivity index (χ3v) is 5.67. The number of aromatic nitrogens is 1. The molecule has 0 spiro atoms. The van der Waals surface area contributed by atoms with E-state index in [1.54, 1.807) is 13.2 Å². The number of nitrogens with one attached hydrogen (secondary N) is 1. The fourth-order valence-electron chi connectivity index (χ4n) is 3.92. The third-order valence-electron chi connectivity index (χ3n) is 5.67. The summed E-state index contributed by atoms with van der Waals surface area (Å²) >= 11 is 0. The molecule has 0 unspecified atom stereocenters. The maximum absolute atomic E-state index is 12.8. The first kappa shape index (κ1) is 22.6. The van der Waals surface area contributed by atoms with Crippen LogP contribution < -0.4 is 20.4 Å². The van der Waals surface area contributed by atoms with E-state index in [0.717, 1.165) is 51.0 Å². The number of benzene rings is 1. The van der Waals surface area contributed by atoms with Crippen molar-refractivity contribution in [3.05, 3.63) is 34.1 Å². The quantitative estimate of drug-likeness (QED) is 0.502. The van der Waals surface area contributed by atoms with Crippen molar-refractivity contribution in [2.75, 3.05) is 38.2 Å². The van der Waals surface area contributed by atoms with Gasteiger partial charge in [-0.1, -0.05) is 0 Å². The molecular formula is C23H30N4O4. The minimum atomic E-state index is -1.21. The van der Waals surface area contributed by atoms with E-state index in [0.29, 0.717) is 29.6 Å². The summed E-state index contributed by atoms with van der Waals surface area (Å²) in [5.41, 5.74) is 0.905. The van der Waals surface area contributed by atoms with Crippen LogP contribution in [0.25, 0.3) is 10.9 Å². The van der Waals surface area contributed by atoms with E-state index in [9.17, 15) is 14.7 Å². The lowest BCUT2D eigenvalue weighted by Gasteiger charge is -2.27. The Balaban J connectivity index is 1.91. The molecule has 0 saturated heterocycles. The molecule has 0 radical (unpaired) electrons. The van der Waals surface area contributed by atoms with Crippen molar-refractivity contribution in [2.24, 2.45) is 0 Å². The summed E-state index contributed by atoms with van der Waals surface area (Å²) in [6.45, 7) is 5.27. The number of carbonyl (C=O) groups is 1. The minimum Gasteiger partial charge on any atom is -0.492 e. The van der Waals surface area contributed by atoms with Gasteiger partial charge in [0.05, 0.1) is 29.8 Å². The number of fused-ring (bicyclic) bond motifs is 1. The molecule has 31 heavy (non-hydrogen) atoms. The van der Waals surface area contributed by atoms with Crippen LogP contribution in [0, 0.1) is 11.3 Å². The Morgan fingerprint density at radius 2 is 2.13 bits per heavy atom. The molecule has 1 aliphatic rings. The first-order chi connectivity index (χ1) is 15.0. The summed E-state index contributed by atoms with van der Waals surface area (Å²) < 4.78 is 7.71. The summed E-state index contributed by atoms with van der Waals surface area (Å²) in [5, 5.41) is 21.7. The predicted molar refractivity (Wildman–Crippen MR) is 120 cm³/mol. The highest BCUT2D eigenvalue weighted by atomic mass is 16.5. The van der Waals surface area contributed by atoms with E-state index in [2.05, 4.69) is 23.2 Å². The van der Waals surface area contributed by atoms with Gasteiger partial charge in [0.25, 0.3) is 0 Å². The Kier molecular flexibility index (Phi) is 7.53. The Morgan fingerprint density at radius 1 is 1.35 bits per heavy atom. The molecule has 1 fully saturated rings. The SMILES string of the molecule is CCN(CCCCNCCC#N)c1ccc2c(=O)c(C(=O)O)cn(C3CC3)c2c1OC. The lowest BCUT2D eigenvalue weighted by atomic mass is 10.1. The predicted octanol–water partition coefficient (Wildman–Crippen LogP) is 3.15. The van der Waals surface area contributed by atoms with E-state index in [1.165, 1.54) is 6.20 Å². The number of methoxy groups -OCH3 is 1. The largest absolute Gasteiger partial charge is 0.492 e. The lowest BCUT2D eigenvalue weighted by molar-refractivity contribution is 0.0695. The van der Waals surface area contributed by atoms with Crippen molar-refractivity contribution in [2.45, 2.75) is 45.1 Å². The lowest BCUT2D eigenvalue weighted by Crippen LogP contribution is -2.26. The molecule has 1 aliphatic carbocycles. The number of rotatable bonds is 12. The zero-order chi connectivity index (χ0) is 22.4. The highest BCUT2D eigenvalue weighted by molar-refractivity contribution is 5.96. The van der Waals surface area contributed by atoms with Crippen molar-refractivity contribution in [1.29, 1.82) is 5.26 Å². The zero-order valence-corrected chi connectivity index (χ0v) is 18.2. The summed E-state index contributed by atoms with van der Waals surface area (Å²) in [6.07, 6.45) is 5.87. The van der Waals surface area contributed by atoms with E-state index in [4.69, 9.17) is 10.00 Å². The second kappa shape index (κ2) is 10.3. The van der Waals surface area contributed by atoms with Crippen molar-refractivity contribution >= 4 is 22.6 Å². The molecule has 8 heteroatoms. The van der Waals surface area contributed by atoms with Crippen LogP contribution in [0.2, 0.25) is 0 Å². The number of pyridine rings is 1. The number of hydrogen-bond donors (Lipinski definition) is 2. The maximum Gasteiger partial charge on any atom is 0.341 e. The molecule has 0 bridgehead atoms. The van der Waals surface area contributed by atoms with E-state index in [-0.39, 0.29) is 11.6 Å². The molecule has 0 aliphatic heterocycles. The van der Waals surface area contributed by atoms with Crippen molar-refractivity contribution in [3.8, 4) is 11.8 Å². The van der Waals surface area contributed by atoms with Gasteiger partial charge in [0.1, 0.15) is 5.56 Å². The maximum atomic E-state index is 12.8. The summed E-state index contributed by atoms with van der Waals surface area (Å²) in [5.74, 6) is -0.588. The zero-order valence-electron chi connectivity index (χ0n) is 18.2. The molecule has 166 valence electrons. The summed E-state index contributed by atoms with van der Waals surface area (Å²) in [6, 6.07) is 5.91. The number of ether oxygens (including phenoxy) is 1. The molecular weight excluding hydrogens is 396 g/mol. The van der Waals surface area contributed by atoms with Gasteiger partial charge in [0.2, 0.25) is 5.43 Å². The highest BCUT2D eigenvalue weighted by Crippen LogP contribution is 2.42. The molecule has 2 N–H and O–H groups in total. The monoisotopic (exact) mass is 426 g/mol. The second-order valence-corrected chi connectivity index (χ2v) is 7.77. The van der Waals surface area contributed by atoms with Crippen LogP contribution in [0.1, 0.15) is 55.4 Å². The smallest absolute Gasteiger partial charge is 0.341 e. The topological polar surface area (TPSA) is 108 Å². The molecule has 8 nitrogen and oxygen atoms in total. The van der Waals surface area contributed by atoms with Crippen LogP contribution in [0.3, 0.4) is 0 Å². The van der Waals surface area contributed by atoms with Gasteiger partial charge in [-0.25, -0.2) is 4.79 Å². The normalized spacial score (nSPS) is 13.2. The summed E-state index contributed by atoms with van der Waals surface area (Å²) in [7, 11) is 1.60. The number of aromatic carboxylic acids is 1. The number of carboxylic acid groups (broad SMARTS) is 1. The van der Waals surface area contributed by atoms with E-state index >= 15 is 0 Å². The van der Waals surface area contributed by atoms with Crippen molar-refractivity contribution < 1.29 is 14.6 Å². The molecule has 1 aromatic heterocycles. The number of nitrogens with zero attached hydrogens (tertiary/aromatic N) is 3. The molecule has 3 rings (SSSR count). The second-order valence-electron chi connectivity index (χ2n) is 7.77. The Labute approximate surface area is 182 Å². The van der Waals surface area contributed by atoms with Gasteiger partial charge in [0.15, 0.2) is 5.75 Å². The molecule has 1 aromatic carbocycles. The third kappa shape index (κ3) is 5.00. The van der Waals surface area contributed by atoms with Crippen LogP contribution in [0.5, 0.6) is 5.75 Å². The first-order valence-electron chi connectivity index (χ1n) is 10.8. The minimum absolute atomic E-state index is 0.194. The molecule has 0 atom stereocenters. The fraction of sp³-hybridized carbons (Fsp3) is 0.522. The number of nitriles is 1. The van der Waals surface area contributed by atoms with E-state index in [1.807, 2.05) is 10.6 Å². The number of unbranched alkanes of at least 4 members (excludes halogenated alkanes) is 1. The van der Waals surface area contributed by atoms with Crippen molar-refractivity contribution in [3.63, 3.8) is 0 Å². The van der Waals surface area contributed by atoms with Gasteiger partial charge in [-0.05, 0) is 51.3 Å². The number of carboxylic acids is 1. The fourth-order valence-corrected chi connectivity index (χ4v) is 3.92. The van der Waals surface area contributed by atoms with Crippen LogP contribution in [0.4, 0.5) is 5.69 Å². The Bertz CT molecular complexity index is 1040. The number of anilines is 1. The van der Waals surface area contributed by atoms with Crippen LogP contribution in [-0.4, -0.2) is 48.9 Å². The van der Waals surface area contributed by atoms with Crippen LogP contribution in [0.15, 0.2) is 23.1 Å². The average molecular weight is 427 g/mol. The molecule has 0 amide bonds. The van der Waals surface area contributed by atoms with Crippen LogP contribution in [-0.2, 0) is 0 Å². The molecule has 2 aromatic rings.